The lowest BCUT2D eigenvalue weighted by molar-refractivity contribution is -0.0468. The van der Waals surface area contributed by atoms with Gasteiger partial charge < -0.3 is 0 Å². The van der Waals surface area contributed by atoms with Gasteiger partial charge in [-0.2, -0.15) is 5.10 Å². The summed E-state index contributed by atoms with van der Waals surface area (Å²) in [5, 5.41) is 4.53. The van der Waals surface area contributed by atoms with E-state index in [4.69, 9.17) is 11.6 Å². The third kappa shape index (κ3) is 4.31. The second kappa shape index (κ2) is 7.47. The molecule has 1 aromatic carbocycles. The van der Waals surface area contributed by atoms with Gasteiger partial charge in [0.05, 0.1) is 0 Å². The summed E-state index contributed by atoms with van der Waals surface area (Å²) in [5.41, 5.74) is 0.427. The minimum Gasteiger partial charge on any atom is -0.279 e. The molecule has 0 radical (unpaired) electrons. The van der Waals surface area contributed by atoms with Crippen LogP contribution in [0.5, 0.6) is 0 Å². The normalized spacial score (nSPS) is 17.6. The highest BCUT2D eigenvalue weighted by Crippen LogP contribution is 2.37. The van der Waals surface area contributed by atoms with Gasteiger partial charge in [-0.3, -0.25) is 4.57 Å². The minimum atomic E-state index is -2.55. The number of halogens is 4. The van der Waals surface area contributed by atoms with Crippen molar-refractivity contribution < 1.29 is 13.2 Å². The van der Waals surface area contributed by atoms with E-state index in [0.29, 0.717) is 43.6 Å². The fourth-order valence-corrected chi connectivity index (χ4v) is 3.68. The third-order valence-corrected chi connectivity index (χ3v) is 5.40. The number of rotatable bonds is 5. The average molecular weight is 388 g/mol. The average Bonchev–Trinajstić information content (AvgIpc) is 2.83. The van der Waals surface area contributed by atoms with Gasteiger partial charge in [-0.15, -0.1) is 0 Å². The van der Waals surface area contributed by atoms with Crippen LogP contribution in [0, 0.1) is 11.7 Å². The van der Waals surface area contributed by atoms with Crippen LogP contribution in [0.25, 0.3) is 0 Å². The van der Waals surface area contributed by atoms with Crippen LogP contribution in [0.4, 0.5) is 13.2 Å². The summed E-state index contributed by atoms with van der Waals surface area (Å²) in [6.45, 7) is 0.428. The van der Waals surface area contributed by atoms with Gasteiger partial charge in [0.15, 0.2) is 0 Å². The van der Waals surface area contributed by atoms with E-state index >= 15 is 0 Å². The highest BCUT2D eigenvalue weighted by atomic mass is 35.5. The second-order valence-corrected chi connectivity index (χ2v) is 7.38. The Morgan fingerprint density at radius 1 is 1.31 bits per heavy atom. The van der Waals surface area contributed by atoms with E-state index < -0.39 is 11.7 Å². The van der Waals surface area contributed by atoms with Gasteiger partial charge in [0.1, 0.15) is 11.6 Å². The van der Waals surface area contributed by atoms with Gasteiger partial charge in [0, 0.05) is 37.9 Å². The molecule has 0 aliphatic heterocycles. The zero-order chi connectivity index (χ0) is 18.9. The summed E-state index contributed by atoms with van der Waals surface area (Å²) in [4.78, 5) is 12.3. The molecule has 0 N–H and O–H groups in total. The third-order valence-electron chi connectivity index (χ3n) is 5.05. The monoisotopic (exact) mass is 387 g/mol. The van der Waals surface area contributed by atoms with Crippen molar-refractivity contribution in [2.24, 2.45) is 13.0 Å². The molecule has 2 aromatic rings. The number of aromatic nitrogens is 3. The van der Waals surface area contributed by atoms with Crippen molar-refractivity contribution >= 4 is 11.6 Å². The van der Waals surface area contributed by atoms with E-state index in [9.17, 15) is 18.0 Å². The van der Waals surface area contributed by atoms with Crippen LogP contribution in [0.1, 0.15) is 43.5 Å². The predicted molar refractivity (Wildman–Crippen MR) is 93.2 cm³/mol. The molecule has 0 unspecified atom stereocenters. The molecule has 142 valence electrons. The lowest BCUT2D eigenvalue weighted by atomic mass is 9.85. The number of hydrogen-bond donors (Lipinski definition) is 0. The Kier molecular flexibility index (Phi) is 5.46. The summed E-state index contributed by atoms with van der Waals surface area (Å²) in [6, 6.07) is 4.11. The van der Waals surface area contributed by atoms with Gasteiger partial charge in [0.2, 0.25) is 5.92 Å². The Bertz CT molecular complexity index is 837. The molecule has 1 aliphatic rings. The number of nitrogens with zero attached hydrogens (tertiary/aromatic N) is 3. The smallest absolute Gasteiger partial charge is 0.279 e. The Morgan fingerprint density at radius 2 is 2.00 bits per heavy atom. The SMILES string of the molecule is Cn1nc(Cc2ccc(F)cc2Cl)n(CCC2CCC(F)(F)CC2)c1=O. The first-order valence-electron chi connectivity index (χ1n) is 8.69. The van der Waals surface area contributed by atoms with E-state index in [-0.39, 0.29) is 29.5 Å². The van der Waals surface area contributed by atoms with Crippen LogP contribution in [0.15, 0.2) is 23.0 Å². The molecule has 1 saturated carbocycles. The Balaban J connectivity index is 1.72. The van der Waals surface area contributed by atoms with Crippen LogP contribution in [-0.2, 0) is 20.0 Å². The zero-order valence-corrected chi connectivity index (χ0v) is 15.3. The van der Waals surface area contributed by atoms with E-state index in [0.717, 1.165) is 0 Å². The summed E-state index contributed by atoms with van der Waals surface area (Å²) in [5.74, 6) is -2.26. The molecule has 1 heterocycles. The van der Waals surface area contributed by atoms with E-state index in [1.54, 1.807) is 17.7 Å². The van der Waals surface area contributed by atoms with Crippen molar-refractivity contribution in [1.82, 2.24) is 14.3 Å². The van der Waals surface area contributed by atoms with Crippen LogP contribution >= 0.6 is 11.6 Å². The van der Waals surface area contributed by atoms with Gasteiger partial charge in [-0.05, 0) is 42.9 Å². The molecule has 26 heavy (non-hydrogen) atoms. The second-order valence-electron chi connectivity index (χ2n) is 6.97. The first kappa shape index (κ1) is 19.0. The standard InChI is InChI=1S/C18H21ClF3N3O/c1-24-17(26)25(9-6-12-4-7-18(21,22)8-5-12)16(23-24)10-13-2-3-14(20)11-15(13)19/h2-3,11-12H,4-10H2,1H3. The Morgan fingerprint density at radius 3 is 2.65 bits per heavy atom. The van der Waals surface area contributed by atoms with Gasteiger partial charge in [-0.25, -0.2) is 22.6 Å². The van der Waals surface area contributed by atoms with Crippen LogP contribution < -0.4 is 5.69 Å². The fraction of sp³-hybridized carbons (Fsp3) is 0.556. The number of hydrogen-bond acceptors (Lipinski definition) is 2. The predicted octanol–water partition coefficient (Wildman–Crippen LogP) is 4.18. The van der Waals surface area contributed by atoms with E-state index in [2.05, 4.69) is 5.10 Å². The molecule has 8 heteroatoms. The number of alkyl halides is 2. The first-order chi connectivity index (χ1) is 12.2. The van der Waals surface area contributed by atoms with Crippen LogP contribution in [0.3, 0.4) is 0 Å². The summed E-state index contributed by atoms with van der Waals surface area (Å²) in [6.07, 6.45) is 1.74. The topological polar surface area (TPSA) is 39.8 Å². The molecule has 0 saturated heterocycles. The van der Waals surface area contributed by atoms with Gasteiger partial charge in [0.25, 0.3) is 0 Å². The van der Waals surface area contributed by atoms with Crippen molar-refractivity contribution in [3.05, 3.63) is 50.9 Å². The quantitative estimate of drug-likeness (QED) is 0.772. The summed E-state index contributed by atoms with van der Waals surface area (Å²) >= 11 is 6.07. The van der Waals surface area contributed by atoms with Crippen LogP contribution in [0.2, 0.25) is 5.02 Å². The molecule has 3 rings (SSSR count). The number of benzene rings is 1. The molecule has 1 fully saturated rings. The molecule has 0 amide bonds. The molecule has 1 aromatic heterocycles. The van der Waals surface area contributed by atoms with Crippen LogP contribution in [-0.4, -0.2) is 20.3 Å². The molecular weight excluding hydrogens is 367 g/mol. The highest BCUT2D eigenvalue weighted by molar-refractivity contribution is 6.31. The highest BCUT2D eigenvalue weighted by Gasteiger charge is 2.34. The maximum atomic E-state index is 13.3. The Hall–Kier alpha value is -1.76. The van der Waals surface area contributed by atoms with Gasteiger partial charge >= 0.3 is 5.69 Å². The van der Waals surface area contributed by atoms with E-state index in [1.807, 2.05) is 0 Å². The number of aryl methyl sites for hydroxylation is 1. The maximum Gasteiger partial charge on any atom is 0.345 e. The van der Waals surface area contributed by atoms with Crippen molar-refractivity contribution in [3.8, 4) is 0 Å². The van der Waals surface area contributed by atoms with Crippen molar-refractivity contribution in [2.45, 2.75) is 51.0 Å². The summed E-state index contributed by atoms with van der Waals surface area (Å²) < 4.78 is 42.6. The van der Waals surface area contributed by atoms with E-state index in [1.165, 1.54) is 16.8 Å². The summed E-state index contributed by atoms with van der Waals surface area (Å²) in [7, 11) is 1.57. The van der Waals surface area contributed by atoms with Gasteiger partial charge in [-0.1, -0.05) is 17.7 Å². The lowest BCUT2D eigenvalue weighted by Gasteiger charge is -2.28. The van der Waals surface area contributed by atoms with Crippen molar-refractivity contribution in [3.63, 3.8) is 0 Å². The molecule has 1 aliphatic carbocycles. The molecular formula is C18H21ClF3N3O. The molecule has 0 spiro atoms. The molecule has 4 nitrogen and oxygen atoms in total. The Labute approximate surface area is 154 Å². The fourth-order valence-electron chi connectivity index (χ4n) is 3.45. The van der Waals surface area contributed by atoms with Crippen molar-refractivity contribution in [1.29, 1.82) is 0 Å². The van der Waals surface area contributed by atoms with Crippen molar-refractivity contribution in [2.75, 3.05) is 0 Å². The lowest BCUT2D eigenvalue weighted by Crippen LogP contribution is -2.28. The largest absolute Gasteiger partial charge is 0.345 e. The molecule has 0 bridgehead atoms. The minimum absolute atomic E-state index is 0.0857. The maximum absolute atomic E-state index is 13.3. The molecule has 0 atom stereocenters. The zero-order valence-electron chi connectivity index (χ0n) is 14.5. The first-order valence-corrected chi connectivity index (χ1v) is 9.07.